The summed E-state index contributed by atoms with van der Waals surface area (Å²) in [5, 5.41) is 2.80. The number of likely N-dealkylation sites (N-methyl/N-ethyl adjacent to an activating group) is 1. The van der Waals surface area contributed by atoms with E-state index in [1.165, 1.54) is 0 Å². The Morgan fingerprint density at radius 1 is 1.25 bits per heavy atom. The molecule has 0 aliphatic carbocycles. The molecule has 2 unspecified atom stereocenters. The smallest absolute Gasteiger partial charge is 0.260 e. The minimum absolute atomic E-state index is 0. The van der Waals surface area contributed by atoms with Crippen LogP contribution in [0.15, 0.2) is 24.3 Å². The predicted molar refractivity (Wildman–Crippen MR) is 98.6 cm³/mol. The third kappa shape index (κ3) is 6.76. The van der Waals surface area contributed by atoms with Crippen molar-refractivity contribution < 1.29 is 14.3 Å². The van der Waals surface area contributed by atoms with Gasteiger partial charge < -0.3 is 20.7 Å². The third-order valence-electron chi connectivity index (χ3n) is 3.78. The van der Waals surface area contributed by atoms with Crippen LogP contribution in [-0.2, 0) is 9.59 Å². The number of nitrogens with one attached hydrogen (secondary N) is 1. The first-order valence-electron chi connectivity index (χ1n) is 7.96. The van der Waals surface area contributed by atoms with E-state index >= 15 is 0 Å². The molecule has 1 rings (SSSR count). The number of benzene rings is 1. The lowest BCUT2D eigenvalue weighted by molar-refractivity contribution is -0.133. The summed E-state index contributed by atoms with van der Waals surface area (Å²) in [5.41, 5.74) is 6.35. The molecule has 7 heteroatoms. The Bertz CT molecular complexity index is 534. The van der Waals surface area contributed by atoms with Crippen LogP contribution in [0.25, 0.3) is 0 Å². The van der Waals surface area contributed by atoms with Crippen LogP contribution in [0.3, 0.4) is 0 Å². The van der Waals surface area contributed by atoms with Crippen molar-refractivity contribution in [2.24, 2.45) is 11.7 Å². The minimum atomic E-state index is -0.288. The molecule has 0 radical (unpaired) electrons. The van der Waals surface area contributed by atoms with Crippen molar-refractivity contribution in [1.29, 1.82) is 0 Å². The van der Waals surface area contributed by atoms with E-state index in [2.05, 4.69) is 5.32 Å². The fourth-order valence-corrected chi connectivity index (χ4v) is 1.97. The maximum atomic E-state index is 12.0. The Balaban J connectivity index is 0.00000529. The van der Waals surface area contributed by atoms with E-state index in [-0.39, 0.29) is 42.8 Å². The van der Waals surface area contributed by atoms with Gasteiger partial charge in [-0.15, -0.1) is 12.4 Å². The van der Waals surface area contributed by atoms with E-state index in [0.29, 0.717) is 24.5 Å². The van der Waals surface area contributed by atoms with Crippen LogP contribution in [0, 0.1) is 5.92 Å². The lowest BCUT2D eigenvalue weighted by Gasteiger charge is -2.19. The first kappa shape index (κ1) is 22.2. The van der Waals surface area contributed by atoms with Gasteiger partial charge in [0, 0.05) is 30.9 Å². The van der Waals surface area contributed by atoms with Crippen molar-refractivity contribution >= 4 is 29.9 Å². The van der Waals surface area contributed by atoms with Crippen LogP contribution in [0.1, 0.15) is 27.7 Å². The number of hydrogen-bond donors (Lipinski definition) is 2. The van der Waals surface area contributed by atoms with Gasteiger partial charge in [0.2, 0.25) is 5.91 Å². The quantitative estimate of drug-likeness (QED) is 0.747. The average Bonchev–Trinajstić information content (AvgIpc) is 2.53. The number of nitrogens with two attached hydrogens (primary N) is 1. The number of carbonyl (C=O) groups is 2. The van der Waals surface area contributed by atoms with Gasteiger partial charge in [0.1, 0.15) is 5.75 Å². The molecular formula is C17H28ClN3O3. The molecule has 0 fully saturated rings. The highest BCUT2D eigenvalue weighted by atomic mass is 35.5. The third-order valence-corrected chi connectivity index (χ3v) is 3.78. The molecule has 0 spiro atoms. The lowest BCUT2D eigenvalue weighted by Crippen LogP contribution is -2.34. The zero-order valence-corrected chi connectivity index (χ0v) is 15.6. The summed E-state index contributed by atoms with van der Waals surface area (Å²) in [4.78, 5) is 25.6. The summed E-state index contributed by atoms with van der Waals surface area (Å²) in [5.74, 6) is 0.0481. The van der Waals surface area contributed by atoms with Crippen molar-refractivity contribution in [3.63, 3.8) is 0 Å². The summed E-state index contributed by atoms with van der Waals surface area (Å²) in [6.45, 7) is 8.73. The van der Waals surface area contributed by atoms with Crippen LogP contribution in [0.2, 0.25) is 0 Å². The summed E-state index contributed by atoms with van der Waals surface area (Å²) in [7, 11) is 0. The topological polar surface area (TPSA) is 84.7 Å². The highest BCUT2D eigenvalue weighted by Crippen LogP contribution is 2.18. The molecule has 1 aromatic rings. The molecule has 0 saturated carbocycles. The molecule has 2 amide bonds. The van der Waals surface area contributed by atoms with Crippen LogP contribution >= 0.6 is 12.4 Å². The minimum Gasteiger partial charge on any atom is -0.484 e. The molecule has 0 aliphatic rings. The number of anilines is 1. The van der Waals surface area contributed by atoms with Crippen molar-refractivity contribution in [3.05, 3.63) is 24.3 Å². The summed E-state index contributed by atoms with van der Waals surface area (Å²) < 4.78 is 5.52. The van der Waals surface area contributed by atoms with E-state index < -0.39 is 0 Å². The molecule has 0 bridgehead atoms. The zero-order chi connectivity index (χ0) is 17.4. The van der Waals surface area contributed by atoms with Gasteiger partial charge in [-0.05, 0) is 32.9 Å². The van der Waals surface area contributed by atoms with Gasteiger partial charge in [-0.2, -0.15) is 0 Å². The monoisotopic (exact) mass is 357 g/mol. The Hall–Kier alpha value is -1.79. The van der Waals surface area contributed by atoms with Crippen molar-refractivity contribution in [3.8, 4) is 5.75 Å². The molecule has 0 aliphatic heterocycles. The number of amides is 2. The molecule has 136 valence electrons. The first-order chi connectivity index (χ1) is 10.9. The van der Waals surface area contributed by atoms with Crippen LogP contribution in [0.4, 0.5) is 5.69 Å². The van der Waals surface area contributed by atoms with Crippen LogP contribution < -0.4 is 15.8 Å². The Morgan fingerprint density at radius 2 is 1.88 bits per heavy atom. The normalized spacial score (nSPS) is 12.5. The number of ether oxygens (including phenoxy) is 1. The molecule has 0 aromatic heterocycles. The SMILES string of the molecule is CCN(CC)C(=O)COc1cccc(NC(=O)C(C)C(C)N)c1.Cl. The molecule has 2 atom stereocenters. The average molecular weight is 358 g/mol. The molecular weight excluding hydrogens is 330 g/mol. The van der Waals surface area contributed by atoms with E-state index in [1.807, 2.05) is 13.8 Å². The van der Waals surface area contributed by atoms with Gasteiger partial charge in [0.05, 0.1) is 5.92 Å². The van der Waals surface area contributed by atoms with E-state index in [0.717, 1.165) is 0 Å². The number of nitrogens with zero attached hydrogens (tertiary/aromatic N) is 1. The highest BCUT2D eigenvalue weighted by Gasteiger charge is 2.17. The second-order valence-corrected chi connectivity index (χ2v) is 5.52. The number of rotatable bonds is 8. The summed E-state index contributed by atoms with van der Waals surface area (Å²) in [6, 6.07) is 6.76. The highest BCUT2D eigenvalue weighted by molar-refractivity contribution is 5.92. The molecule has 0 saturated heterocycles. The van der Waals surface area contributed by atoms with Crippen molar-refractivity contribution in [2.75, 3.05) is 25.0 Å². The van der Waals surface area contributed by atoms with Gasteiger partial charge >= 0.3 is 0 Å². The summed E-state index contributed by atoms with van der Waals surface area (Å²) in [6.07, 6.45) is 0. The van der Waals surface area contributed by atoms with Crippen molar-refractivity contribution in [1.82, 2.24) is 4.90 Å². The second-order valence-electron chi connectivity index (χ2n) is 5.52. The maximum Gasteiger partial charge on any atom is 0.260 e. The molecule has 3 N–H and O–H groups in total. The molecule has 0 heterocycles. The van der Waals surface area contributed by atoms with Crippen molar-refractivity contribution in [2.45, 2.75) is 33.7 Å². The van der Waals surface area contributed by atoms with E-state index in [1.54, 1.807) is 43.0 Å². The van der Waals surface area contributed by atoms with Gasteiger partial charge in [0.25, 0.3) is 5.91 Å². The predicted octanol–water partition coefficient (Wildman–Crippen LogP) is 2.28. The number of hydrogen-bond acceptors (Lipinski definition) is 4. The van der Waals surface area contributed by atoms with Crippen LogP contribution in [0.5, 0.6) is 5.75 Å². The van der Waals surface area contributed by atoms with E-state index in [9.17, 15) is 9.59 Å². The number of halogens is 1. The van der Waals surface area contributed by atoms with Gasteiger partial charge in [0.15, 0.2) is 6.61 Å². The fraction of sp³-hybridized carbons (Fsp3) is 0.529. The Kier molecular flexibility index (Phi) is 10.1. The Morgan fingerprint density at radius 3 is 2.42 bits per heavy atom. The van der Waals surface area contributed by atoms with Crippen LogP contribution in [-0.4, -0.2) is 42.5 Å². The van der Waals surface area contributed by atoms with Gasteiger partial charge in [-0.1, -0.05) is 13.0 Å². The number of carbonyl (C=O) groups excluding carboxylic acids is 2. The lowest BCUT2D eigenvalue weighted by atomic mass is 10.0. The Labute approximate surface area is 150 Å². The fourth-order valence-electron chi connectivity index (χ4n) is 1.97. The maximum absolute atomic E-state index is 12.0. The zero-order valence-electron chi connectivity index (χ0n) is 14.7. The van der Waals surface area contributed by atoms with Gasteiger partial charge in [-0.25, -0.2) is 0 Å². The second kappa shape index (κ2) is 10.9. The molecule has 1 aromatic carbocycles. The first-order valence-corrected chi connectivity index (χ1v) is 7.96. The summed E-state index contributed by atoms with van der Waals surface area (Å²) >= 11 is 0. The van der Waals surface area contributed by atoms with Gasteiger partial charge in [-0.3, -0.25) is 9.59 Å². The molecule has 24 heavy (non-hydrogen) atoms. The van der Waals surface area contributed by atoms with E-state index in [4.69, 9.17) is 10.5 Å². The largest absolute Gasteiger partial charge is 0.484 e. The standard InChI is InChI=1S/C17H27N3O3.ClH/c1-5-20(6-2)16(21)11-23-15-9-7-8-14(10-15)19-17(22)12(3)13(4)18;/h7-10,12-13H,5-6,11,18H2,1-4H3,(H,19,22);1H. The molecule has 6 nitrogen and oxygen atoms in total.